The molecule has 4 nitrogen and oxygen atoms in total. The van der Waals surface area contributed by atoms with Gasteiger partial charge in [-0.3, -0.25) is 0 Å². The summed E-state index contributed by atoms with van der Waals surface area (Å²) in [5.41, 5.74) is 1.36. The molecule has 0 atom stereocenters. The molecule has 1 heterocycles. The summed E-state index contributed by atoms with van der Waals surface area (Å²) in [5, 5.41) is 11.8. The third-order valence-electron chi connectivity index (χ3n) is 1.82. The molecule has 1 aromatic rings. The summed E-state index contributed by atoms with van der Waals surface area (Å²) in [6, 6.07) is 5.63. The summed E-state index contributed by atoms with van der Waals surface area (Å²) in [5.74, 6) is 0.776. The number of nitrogens with one attached hydrogen (secondary N) is 1. The first kappa shape index (κ1) is 10.5. The van der Waals surface area contributed by atoms with E-state index in [4.69, 9.17) is 10.00 Å². The van der Waals surface area contributed by atoms with Crippen LogP contribution in [-0.2, 0) is 4.74 Å². The number of hydrogen-bond donors (Lipinski definition) is 1. The smallest absolute Gasteiger partial charge is 0.126 e. The number of pyridine rings is 1. The summed E-state index contributed by atoms with van der Waals surface area (Å²) in [4.78, 5) is 4.23. The van der Waals surface area contributed by atoms with Crippen molar-refractivity contribution in [1.82, 2.24) is 4.98 Å². The van der Waals surface area contributed by atoms with Crippen LogP contribution in [-0.4, -0.2) is 25.2 Å². The predicted octanol–water partition coefficient (Wildman–Crippen LogP) is 1.32. The lowest BCUT2D eigenvalue weighted by atomic mass is 10.2. The van der Waals surface area contributed by atoms with Gasteiger partial charge < -0.3 is 10.1 Å². The van der Waals surface area contributed by atoms with Crippen molar-refractivity contribution in [3.8, 4) is 6.07 Å². The van der Waals surface area contributed by atoms with Crippen LogP contribution >= 0.6 is 0 Å². The van der Waals surface area contributed by atoms with E-state index in [1.54, 1.807) is 19.2 Å². The number of rotatable bonds is 4. The van der Waals surface area contributed by atoms with Crippen LogP contribution < -0.4 is 5.32 Å². The van der Waals surface area contributed by atoms with Crippen molar-refractivity contribution in [2.75, 3.05) is 25.6 Å². The van der Waals surface area contributed by atoms with Crippen molar-refractivity contribution in [2.45, 2.75) is 6.92 Å². The molecule has 1 aromatic heterocycles. The van der Waals surface area contributed by atoms with E-state index < -0.39 is 0 Å². The van der Waals surface area contributed by atoms with Crippen molar-refractivity contribution in [3.05, 3.63) is 23.4 Å². The molecule has 0 fully saturated rings. The van der Waals surface area contributed by atoms with Crippen LogP contribution in [0.3, 0.4) is 0 Å². The van der Waals surface area contributed by atoms with E-state index in [9.17, 15) is 0 Å². The summed E-state index contributed by atoms with van der Waals surface area (Å²) < 4.78 is 4.90. The lowest BCUT2D eigenvalue weighted by Crippen LogP contribution is -2.09. The van der Waals surface area contributed by atoms with Crippen LogP contribution in [0.15, 0.2) is 12.1 Å². The maximum Gasteiger partial charge on any atom is 0.126 e. The monoisotopic (exact) mass is 191 g/mol. The van der Waals surface area contributed by atoms with Gasteiger partial charge in [0.1, 0.15) is 11.9 Å². The maximum absolute atomic E-state index is 8.69. The van der Waals surface area contributed by atoms with Gasteiger partial charge in [0, 0.05) is 13.7 Å². The molecule has 0 aliphatic rings. The number of nitriles is 1. The zero-order valence-electron chi connectivity index (χ0n) is 8.37. The molecule has 0 saturated carbocycles. The Bertz CT molecular complexity index is 344. The van der Waals surface area contributed by atoms with Crippen molar-refractivity contribution in [1.29, 1.82) is 5.26 Å². The minimum absolute atomic E-state index is 0.613. The Morgan fingerprint density at radius 2 is 2.36 bits per heavy atom. The molecule has 4 heteroatoms. The van der Waals surface area contributed by atoms with Gasteiger partial charge >= 0.3 is 0 Å². The number of methoxy groups -OCH3 is 1. The molecule has 14 heavy (non-hydrogen) atoms. The van der Waals surface area contributed by atoms with E-state index in [-0.39, 0.29) is 0 Å². The fourth-order valence-corrected chi connectivity index (χ4v) is 1.06. The fourth-order valence-electron chi connectivity index (χ4n) is 1.06. The molecule has 0 bridgehead atoms. The quantitative estimate of drug-likeness (QED) is 0.729. The van der Waals surface area contributed by atoms with E-state index in [2.05, 4.69) is 16.4 Å². The zero-order chi connectivity index (χ0) is 10.4. The minimum atomic E-state index is 0.613. The largest absolute Gasteiger partial charge is 0.383 e. The second-order valence-corrected chi connectivity index (χ2v) is 2.86. The zero-order valence-corrected chi connectivity index (χ0v) is 8.37. The lowest BCUT2D eigenvalue weighted by molar-refractivity contribution is 0.210. The van der Waals surface area contributed by atoms with Gasteiger partial charge in [0.2, 0.25) is 0 Å². The summed E-state index contributed by atoms with van der Waals surface area (Å²) in [6.45, 7) is 3.18. The third-order valence-corrected chi connectivity index (χ3v) is 1.82. The van der Waals surface area contributed by atoms with E-state index in [1.165, 1.54) is 0 Å². The van der Waals surface area contributed by atoms with Crippen LogP contribution in [0.5, 0.6) is 0 Å². The second-order valence-electron chi connectivity index (χ2n) is 2.86. The Labute approximate surface area is 83.5 Å². The standard InChI is InChI=1S/C10H13N3O/c1-8-9(7-11)3-4-10(13-8)12-5-6-14-2/h3-4H,5-6H2,1-2H3,(H,12,13). The highest BCUT2D eigenvalue weighted by Gasteiger charge is 1.99. The van der Waals surface area contributed by atoms with Gasteiger partial charge in [-0.05, 0) is 19.1 Å². The molecule has 74 valence electrons. The Balaban J connectivity index is 2.63. The molecule has 1 N–H and O–H groups in total. The van der Waals surface area contributed by atoms with Gasteiger partial charge in [-0.25, -0.2) is 4.98 Å². The van der Waals surface area contributed by atoms with Crippen molar-refractivity contribution in [2.24, 2.45) is 0 Å². The molecule has 0 aromatic carbocycles. The van der Waals surface area contributed by atoms with Gasteiger partial charge in [0.05, 0.1) is 17.9 Å². The lowest BCUT2D eigenvalue weighted by Gasteiger charge is -2.05. The molecular formula is C10H13N3O. The number of aryl methyl sites for hydroxylation is 1. The normalized spacial score (nSPS) is 9.50. The highest BCUT2D eigenvalue weighted by atomic mass is 16.5. The number of hydrogen-bond acceptors (Lipinski definition) is 4. The topological polar surface area (TPSA) is 57.9 Å². The van der Waals surface area contributed by atoms with Gasteiger partial charge in [-0.1, -0.05) is 0 Å². The molecule has 1 rings (SSSR count). The molecule has 0 aliphatic heterocycles. The predicted molar refractivity (Wildman–Crippen MR) is 54.1 cm³/mol. The first-order valence-electron chi connectivity index (χ1n) is 4.38. The van der Waals surface area contributed by atoms with Crippen molar-refractivity contribution < 1.29 is 4.74 Å². The maximum atomic E-state index is 8.69. The first-order valence-corrected chi connectivity index (χ1v) is 4.38. The molecule has 0 radical (unpaired) electrons. The average Bonchev–Trinajstić information content (AvgIpc) is 2.18. The van der Waals surface area contributed by atoms with E-state index >= 15 is 0 Å². The molecule has 0 aliphatic carbocycles. The number of nitrogens with zero attached hydrogens (tertiary/aromatic N) is 2. The number of ether oxygens (including phenoxy) is 1. The number of aromatic nitrogens is 1. The van der Waals surface area contributed by atoms with Crippen LogP contribution in [0.2, 0.25) is 0 Å². The fraction of sp³-hybridized carbons (Fsp3) is 0.400. The second kappa shape index (κ2) is 5.20. The molecule has 0 saturated heterocycles. The Kier molecular flexibility index (Phi) is 3.89. The van der Waals surface area contributed by atoms with Gasteiger partial charge in [-0.15, -0.1) is 0 Å². The Morgan fingerprint density at radius 1 is 1.57 bits per heavy atom. The van der Waals surface area contributed by atoms with E-state index in [1.807, 2.05) is 6.92 Å². The van der Waals surface area contributed by atoms with Crippen LogP contribution in [0, 0.1) is 18.3 Å². The third kappa shape index (κ3) is 2.71. The van der Waals surface area contributed by atoms with Crippen LogP contribution in [0.25, 0.3) is 0 Å². The van der Waals surface area contributed by atoms with Gasteiger partial charge in [0.15, 0.2) is 0 Å². The van der Waals surface area contributed by atoms with Crippen LogP contribution in [0.4, 0.5) is 5.82 Å². The summed E-state index contributed by atoms with van der Waals surface area (Å²) in [7, 11) is 1.65. The van der Waals surface area contributed by atoms with Gasteiger partial charge in [-0.2, -0.15) is 5.26 Å². The average molecular weight is 191 g/mol. The molecule has 0 amide bonds. The Hall–Kier alpha value is -1.60. The highest BCUT2D eigenvalue weighted by molar-refractivity contribution is 5.42. The van der Waals surface area contributed by atoms with Crippen molar-refractivity contribution >= 4 is 5.82 Å². The summed E-state index contributed by atoms with van der Waals surface area (Å²) in [6.07, 6.45) is 0. The molecule has 0 unspecified atom stereocenters. The molecule has 0 spiro atoms. The Morgan fingerprint density at radius 3 is 2.93 bits per heavy atom. The minimum Gasteiger partial charge on any atom is -0.383 e. The van der Waals surface area contributed by atoms with Gasteiger partial charge in [0.25, 0.3) is 0 Å². The highest BCUT2D eigenvalue weighted by Crippen LogP contribution is 2.08. The van der Waals surface area contributed by atoms with Crippen molar-refractivity contribution in [3.63, 3.8) is 0 Å². The van der Waals surface area contributed by atoms with Crippen LogP contribution in [0.1, 0.15) is 11.3 Å². The first-order chi connectivity index (χ1) is 6.77. The van der Waals surface area contributed by atoms with E-state index in [0.29, 0.717) is 12.2 Å². The SMILES string of the molecule is COCCNc1ccc(C#N)c(C)n1. The molecular weight excluding hydrogens is 178 g/mol. The summed E-state index contributed by atoms with van der Waals surface area (Å²) >= 11 is 0. The van der Waals surface area contributed by atoms with E-state index in [0.717, 1.165) is 18.1 Å². The number of anilines is 1.